The first-order valence-corrected chi connectivity index (χ1v) is 10.4. The molecule has 0 unspecified atom stereocenters. The monoisotopic (exact) mass is 428 g/mol. The summed E-state index contributed by atoms with van der Waals surface area (Å²) in [6.07, 6.45) is 1.07. The van der Waals surface area contributed by atoms with E-state index in [2.05, 4.69) is 9.97 Å². The van der Waals surface area contributed by atoms with Crippen LogP contribution in [0.25, 0.3) is 0 Å². The minimum Gasteiger partial charge on any atom is -0.481 e. The Labute approximate surface area is 179 Å². The zero-order valence-electron chi connectivity index (χ0n) is 17.6. The molecule has 2 atom stereocenters. The van der Waals surface area contributed by atoms with E-state index in [1.807, 2.05) is 0 Å². The van der Waals surface area contributed by atoms with Gasteiger partial charge in [-0.15, -0.1) is 0 Å². The minimum atomic E-state index is -0.819. The van der Waals surface area contributed by atoms with Crippen molar-refractivity contribution >= 4 is 11.8 Å². The summed E-state index contributed by atoms with van der Waals surface area (Å²) >= 11 is 0. The van der Waals surface area contributed by atoms with Gasteiger partial charge in [0.1, 0.15) is 17.4 Å². The Morgan fingerprint density at radius 2 is 2.13 bits per heavy atom. The highest BCUT2D eigenvalue weighted by atomic mass is 19.1. The Bertz CT molecular complexity index is 1070. The summed E-state index contributed by atoms with van der Waals surface area (Å²) in [5.41, 5.74) is 0.968. The van der Waals surface area contributed by atoms with Crippen molar-refractivity contribution in [2.45, 2.75) is 51.8 Å². The van der Waals surface area contributed by atoms with Gasteiger partial charge in [-0.25, -0.2) is 9.37 Å². The maximum Gasteiger partial charge on any atom is 0.263 e. The lowest BCUT2D eigenvalue weighted by Gasteiger charge is -2.29. The van der Waals surface area contributed by atoms with Crippen LogP contribution in [0.15, 0.2) is 29.1 Å². The van der Waals surface area contributed by atoms with E-state index >= 15 is 0 Å². The number of rotatable bonds is 4. The molecule has 2 aromatic rings. The van der Waals surface area contributed by atoms with Crippen LogP contribution in [0, 0.1) is 5.82 Å². The predicted octanol–water partition coefficient (Wildman–Crippen LogP) is 1.94. The Morgan fingerprint density at radius 3 is 2.87 bits per heavy atom. The molecule has 0 spiro atoms. The van der Waals surface area contributed by atoms with Gasteiger partial charge in [0.05, 0.1) is 18.3 Å². The fourth-order valence-corrected chi connectivity index (χ4v) is 4.23. The zero-order valence-corrected chi connectivity index (χ0v) is 17.6. The molecule has 2 amide bonds. The number of nitrogens with zero attached hydrogens (tertiary/aromatic N) is 3. The molecule has 1 fully saturated rings. The van der Waals surface area contributed by atoms with E-state index in [-0.39, 0.29) is 29.2 Å². The van der Waals surface area contributed by atoms with Crippen molar-refractivity contribution in [2.75, 3.05) is 13.1 Å². The first-order chi connectivity index (χ1) is 14.8. The molecule has 1 aromatic carbocycles. The summed E-state index contributed by atoms with van der Waals surface area (Å²) in [6.45, 7) is 4.42. The SMILES string of the molecule is CC(=O)N1CCc2c(nc([C@H]3CCCN3C(=O)[C@@H](C)Oc3cccc(F)c3)[nH]c2=O)C1. The van der Waals surface area contributed by atoms with Crippen LogP contribution in [0.1, 0.15) is 49.8 Å². The number of benzene rings is 1. The van der Waals surface area contributed by atoms with E-state index in [4.69, 9.17) is 4.74 Å². The van der Waals surface area contributed by atoms with E-state index in [9.17, 15) is 18.8 Å². The molecule has 8 nitrogen and oxygen atoms in total. The van der Waals surface area contributed by atoms with Crippen LogP contribution >= 0.6 is 0 Å². The molecule has 9 heteroatoms. The highest BCUT2D eigenvalue weighted by molar-refractivity contribution is 5.81. The standard InChI is InChI=1S/C22H25FN4O4/c1-13(31-16-6-3-5-15(23)11-16)22(30)27-9-4-7-19(27)20-24-18-12-26(14(2)28)10-8-17(18)21(29)25-20/h3,5-6,11,13,19H,4,7-10,12H2,1-2H3,(H,24,25,29)/t13-,19-/m1/s1. The molecule has 0 aliphatic carbocycles. The number of aromatic nitrogens is 2. The molecule has 0 bridgehead atoms. The Kier molecular flexibility index (Phi) is 5.75. The van der Waals surface area contributed by atoms with Crippen molar-refractivity contribution in [1.29, 1.82) is 0 Å². The normalized spacial score (nSPS) is 19.1. The number of carbonyl (C=O) groups is 2. The molecular formula is C22H25FN4O4. The molecule has 0 saturated carbocycles. The number of H-pyrrole nitrogens is 1. The van der Waals surface area contributed by atoms with E-state index in [1.54, 1.807) is 22.8 Å². The van der Waals surface area contributed by atoms with Crippen molar-refractivity contribution in [3.8, 4) is 5.75 Å². The van der Waals surface area contributed by atoms with Gasteiger partial charge in [0.2, 0.25) is 5.91 Å². The van der Waals surface area contributed by atoms with Gasteiger partial charge in [-0.1, -0.05) is 6.07 Å². The molecule has 164 valence electrons. The minimum absolute atomic E-state index is 0.0599. The largest absolute Gasteiger partial charge is 0.481 e. The second-order valence-electron chi connectivity index (χ2n) is 7.97. The average Bonchev–Trinajstić information content (AvgIpc) is 3.22. The van der Waals surface area contributed by atoms with Gasteiger partial charge in [-0.2, -0.15) is 0 Å². The van der Waals surface area contributed by atoms with Crippen molar-refractivity contribution in [3.63, 3.8) is 0 Å². The number of fused-ring (bicyclic) bond motifs is 1. The third kappa shape index (κ3) is 4.30. The fraction of sp³-hybridized carbons (Fsp3) is 0.455. The van der Waals surface area contributed by atoms with E-state index < -0.39 is 11.9 Å². The van der Waals surface area contributed by atoms with E-state index in [1.165, 1.54) is 25.1 Å². The van der Waals surface area contributed by atoms with Gasteiger partial charge in [0.25, 0.3) is 11.5 Å². The van der Waals surface area contributed by atoms with Crippen molar-refractivity contribution < 1.29 is 18.7 Å². The van der Waals surface area contributed by atoms with Crippen molar-refractivity contribution in [2.24, 2.45) is 0 Å². The van der Waals surface area contributed by atoms with Gasteiger partial charge < -0.3 is 19.5 Å². The number of likely N-dealkylation sites (tertiary alicyclic amines) is 1. The van der Waals surface area contributed by atoms with E-state index in [0.29, 0.717) is 49.6 Å². The maximum absolute atomic E-state index is 13.4. The molecule has 1 N–H and O–H groups in total. The maximum atomic E-state index is 13.4. The van der Waals surface area contributed by atoms with Gasteiger partial charge in [0, 0.05) is 31.6 Å². The Morgan fingerprint density at radius 1 is 1.32 bits per heavy atom. The van der Waals surface area contributed by atoms with Gasteiger partial charge in [0.15, 0.2) is 6.10 Å². The molecule has 2 aliphatic heterocycles. The molecule has 3 heterocycles. The summed E-state index contributed by atoms with van der Waals surface area (Å²) in [7, 11) is 0. The van der Waals surface area contributed by atoms with Crippen molar-refractivity contribution in [1.82, 2.24) is 19.8 Å². The van der Waals surface area contributed by atoms with E-state index in [0.717, 1.165) is 6.42 Å². The second-order valence-corrected chi connectivity index (χ2v) is 7.97. The summed E-state index contributed by atoms with van der Waals surface area (Å²) in [6, 6.07) is 5.27. The van der Waals surface area contributed by atoms with Gasteiger partial charge in [-0.3, -0.25) is 14.4 Å². The third-order valence-corrected chi connectivity index (χ3v) is 5.85. The number of nitrogens with one attached hydrogen (secondary N) is 1. The highest BCUT2D eigenvalue weighted by Gasteiger charge is 2.35. The summed E-state index contributed by atoms with van der Waals surface area (Å²) in [4.78, 5) is 48.3. The van der Waals surface area contributed by atoms with Crippen LogP contribution in [0.2, 0.25) is 0 Å². The second kappa shape index (κ2) is 8.49. The van der Waals surface area contributed by atoms with Gasteiger partial charge in [-0.05, 0) is 38.3 Å². The molecule has 1 saturated heterocycles. The highest BCUT2D eigenvalue weighted by Crippen LogP contribution is 2.31. The number of hydrogen-bond acceptors (Lipinski definition) is 5. The van der Waals surface area contributed by atoms with Crippen molar-refractivity contribution in [3.05, 3.63) is 57.5 Å². The molecular weight excluding hydrogens is 403 g/mol. The first kappa shape index (κ1) is 21.0. The first-order valence-electron chi connectivity index (χ1n) is 10.4. The van der Waals surface area contributed by atoms with Crippen LogP contribution in [-0.2, 0) is 22.6 Å². The third-order valence-electron chi connectivity index (χ3n) is 5.85. The average molecular weight is 428 g/mol. The summed E-state index contributed by atoms with van der Waals surface area (Å²) in [5.74, 6) is -0.0430. The molecule has 4 rings (SSSR count). The molecule has 31 heavy (non-hydrogen) atoms. The smallest absolute Gasteiger partial charge is 0.263 e. The van der Waals surface area contributed by atoms with Crippen LogP contribution in [0.4, 0.5) is 4.39 Å². The molecule has 1 aromatic heterocycles. The lowest BCUT2D eigenvalue weighted by Crippen LogP contribution is -2.42. The van der Waals surface area contributed by atoms with Crippen LogP contribution in [0.5, 0.6) is 5.75 Å². The summed E-state index contributed by atoms with van der Waals surface area (Å²) < 4.78 is 19.1. The Balaban J connectivity index is 1.55. The predicted molar refractivity (Wildman–Crippen MR) is 110 cm³/mol. The molecule has 2 aliphatic rings. The van der Waals surface area contributed by atoms with Gasteiger partial charge >= 0.3 is 0 Å². The quantitative estimate of drug-likeness (QED) is 0.803. The van der Waals surface area contributed by atoms with Crippen LogP contribution in [0.3, 0.4) is 0 Å². The summed E-state index contributed by atoms with van der Waals surface area (Å²) in [5, 5.41) is 0. The molecule has 0 radical (unpaired) electrons. The zero-order chi connectivity index (χ0) is 22.1. The topological polar surface area (TPSA) is 95.6 Å². The lowest BCUT2D eigenvalue weighted by atomic mass is 10.1. The fourth-order valence-electron chi connectivity index (χ4n) is 4.23. The number of halogens is 1. The number of amides is 2. The Hall–Kier alpha value is -3.23. The number of hydrogen-bond donors (Lipinski definition) is 1. The number of aromatic amines is 1. The van der Waals surface area contributed by atoms with Crippen LogP contribution in [-0.4, -0.2) is 50.8 Å². The number of carbonyl (C=O) groups excluding carboxylic acids is 2. The van der Waals surface area contributed by atoms with Crippen LogP contribution < -0.4 is 10.3 Å². The lowest BCUT2D eigenvalue weighted by molar-refractivity contribution is -0.139. The number of ether oxygens (including phenoxy) is 1.